The topological polar surface area (TPSA) is 34.1 Å². The number of Topliss-reactive ketones (excluding diaryl/α,β-unsaturated/α-hetero) is 2. The summed E-state index contributed by atoms with van der Waals surface area (Å²) in [6.45, 7) is 15.6. The van der Waals surface area contributed by atoms with Crippen LogP contribution in [0.15, 0.2) is 0 Å². The Labute approximate surface area is 113 Å². The van der Waals surface area contributed by atoms with Crippen molar-refractivity contribution in [3.8, 4) is 0 Å². The molecular weight excluding hydrogens is 224 g/mol. The van der Waals surface area contributed by atoms with Crippen molar-refractivity contribution in [2.24, 2.45) is 22.7 Å². The van der Waals surface area contributed by atoms with E-state index in [0.717, 1.165) is 12.8 Å². The van der Waals surface area contributed by atoms with Gasteiger partial charge in [-0.3, -0.25) is 9.59 Å². The lowest BCUT2D eigenvalue weighted by molar-refractivity contribution is -0.146. The van der Waals surface area contributed by atoms with Gasteiger partial charge in [0.15, 0.2) is 0 Å². The molecule has 0 aliphatic rings. The number of ketones is 2. The molecule has 0 aromatic rings. The normalized spacial score (nSPS) is 17.4. The van der Waals surface area contributed by atoms with Crippen LogP contribution in [-0.4, -0.2) is 11.6 Å². The Kier molecular flexibility index (Phi) is 5.77. The summed E-state index contributed by atoms with van der Waals surface area (Å²) in [5.41, 5.74) is -0.927. The summed E-state index contributed by atoms with van der Waals surface area (Å²) in [5.74, 6) is 0.264. The Morgan fingerprint density at radius 2 is 1.44 bits per heavy atom. The van der Waals surface area contributed by atoms with Crippen molar-refractivity contribution in [1.82, 2.24) is 0 Å². The van der Waals surface area contributed by atoms with Crippen LogP contribution in [0.3, 0.4) is 0 Å². The minimum Gasteiger partial charge on any atom is -0.299 e. The highest BCUT2D eigenvalue weighted by Crippen LogP contribution is 2.41. The van der Waals surface area contributed by atoms with E-state index < -0.39 is 10.8 Å². The standard InChI is InChI=1S/C16H30O2/c1-9-12(13(17)11(3)4)16(8,10-2)14(18)15(5,6)7/h11-12H,9-10H2,1-8H3. The lowest BCUT2D eigenvalue weighted by Crippen LogP contribution is -2.46. The molecule has 0 fully saturated rings. The van der Waals surface area contributed by atoms with Crippen LogP contribution in [-0.2, 0) is 9.59 Å². The van der Waals surface area contributed by atoms with E-state index in [4.69, 9.17) is 0 Å². The van der Waals surface area contributed by atoms with Crippen molar-refractivity contribution in [3.63, 3.8) is 0 Å². The van der Waals surface area contributed by atoms with E-state index in [1.54, 1.807) is 0 Å². The maximum atomic E-state index is 12.7. The molecule has 0 aromatic carbocycles. The quantitative estimate of drug-likeness (QED) is 0.709. The number of carbonyl (C=O) groups is 2. The van der Waals surface area contributed by atoms with Gasteiger partial charge < -0.3 is 0 Å². The molecule has 0 bridgehead atoms. The summed E-state index contributed by atoms with van der Waals surface area (Å²) in [6, 6.07) is 0. The molecule has 0 heterocycles. The second-order valence-corrected chi connectivity index (χ2v) is 6.87. The molecule has 0 N–H and O–H groups in total. The fourth-order valence-electron chi connectivity index (χ4n) is 2.79. The van der Waals surface area contributed by atoms with Crippen molar-refractivity contribution < 1.29 is 9.59 Å². The van der Waals surface area contributed by atoms with Crippen LogP contribution in [0, 0.1) is 22.7 Å². The van der Waals surface area contributed by atoms with Gasteiger partial charge in [0, 0.05) is 22.7 Å². The van der Waals surface area contributed by atoms with Gasteiger partial charge in [0.2, 0.25) is 0 Å². The average Bonchev–Trinajstić information content (AvgIpc) is 2.26. The third-order valence-corrected chi connectivity index (χ3v) is 4.02. The largest absolute Gasteiger partial charge is 0.299 e. The number of carbonyl (C=O) groups excluding carboxylic acids is 2. The Morgan fingerprint density at radius 1 is 1.00 bits per heavy atom. The van der Waals surface area contributed by atoms with Crippen LogP contribution in [0.25, 0.3) is 0 Å². The van der Waals surface area contributed by atoms with Gasteiger partial charge >= 0.3 is 0 Å². The van der Waals surface area contributed by atoms with E-state index >= 15 is 0 Å². The smallest absolute Gasteiger partial charge is 0.144 e. The number of hydrogen-bond donors (Lipinski definition) is 0. The van der Waals surface area contributed by atoms with Crippen LogP contribution >= 0.6 is 0 Å². The van der Waals surface area contributed by atoms with Crippen molar-refractivity contribution in [3.05, 3.63) is 0 Å². The molecule has 2 nitrogen and oxygen atoms in total. The fraction of sp³-hybridized carbons (Fsp3) is 0.875. The maximum Gasteiger partial charge on any atom is 0.144 e. The van der Waals surface area contributed by atoms with Crippen LogP contribution in [0.5, 0.6) is 0 Å². The highest BCUT2D eigenvalue weighted by Gasteiger charge is 2.46. The van der Waals surface area contributed by atoms with Gasteiger partial charge in [-0.05, 0) is 12.8 Å². The molecule has 2 unspecified atom stereocenters. The molecular formula is C16H30O2. The lowest BCUT2D eigenvalue weighted by atomic mass is 9.62. The zero-order chi connectivity index (χ0) is 14.7. The Bertz CT molecular complexity index is 310. The van der Waals surface area contributed by atoms with Gasteiger partial charge in [-0.2, -0.15) is 0 Å². The number of hydrogen-bond acceptors (Lipinski definition) is 2. The second kappa shape index (κ2) is 5.99. The maximum absolute atomic E-state index is 12.7. The molecule has 0 aliphatic heterocycles. The van der Waals surface area contributed by atoms with Crippen LogP contribution < -0.4 is 0 Å². The average molecular weight is 254 g/mol. The van der Waals surface area contributed by atoms with E-state index in [9.17, 15) is 9.59 Å². The number of rotatable bonds is 6. The molecule has 2 heteroatoms. The van der Waals surface area contributed by atoms with E-state index in [1.165, 1.54) is 0 Å². The van der Waals surface area contributed by atoms with Gasteiger partial charge in [-0.1, -0.05) is 55.4 Å². The molecule has 0 aromatic heterocycles. The summed E-state index contributed by atoms with van der Waals surface area (Å²) in [4.78, 5) is 25.1. The highest BCUT2D eigenvalue weighted by atomic mass is 16.1. The van der Waals surface area contributed by atoms with Gasteiger partial charge in [0.05, 0.1) is 0 Å². The molecule has 0 spiro atoms. The third-order valence-electron chi connectivity index (χ3n) is 4.02. The van der Waals surface area contributed by atoms with E-state index in [2.05, 4.69) is 0 Å². The van der Waals surface area contributed by atoms with E-state index in [1.807, 2.05) is 55.4 Å². The van der Waals surface area contributed by atoms with Crippen molar-refractivity contribution in [2.75, 3.05) is 0 Å². The van der Waals surface area contributed by atoms with Crippen LogP contribution in [0.2, 0.25) is 0 Å². The van der Waals surface area contributed by atoms with Crippen LogP contribution in [0.1, 0.15) is 68.2 Å². The molecule has 18 heavy (non-hydrogen) atoms. The first-order valence-corrected chi connectivity index (χ1v) is 7.10. The molecule has 2 atom stereocenters. The molecule has 0 saturated carbocycles. The predicted molar refractivity (Wildman–Crippen MR) is 76.5 cm³/mol. The lowest BCUT2D eigenvalue weighted by Gasteiger charge is -2.39. The molecule has 106 valence electrons. The zero-order valence-corrected chi connectivity index (χ0v) is 13.4. The zero-order valence-electron chi connectivity index (χ0n) is 13.4. The second-order valence-electron chi connectivity index (χ2n) is 6.87. The molecule has 0 amide bonds. The summed E-state index contributed by atoms with van der Waals surface area (Å²) < 4.78 is 0. The van der Waals surface area contributed by atoms with Crippen molar-refractivity contribution in [2.45, 2.75) is 68.2 Å². The fourth-order valence-corrected chi connectivity index (χ4v) is 2.79. The van der Waals surface area contributed by atoms with E-state index in [0.29, 0.717) is 0 Å². The Morgan fingerprint density at radius 3 is 1.67 bits per heavy atom. The predicted octanol–water partition coefficient (Wildman–Crippen LogP) is 4.27. The summed E-state index contributed by atoms with van der Waals surface area (Å²) in [7, 11) is 0. The summed E-state index contributed by atoms with van der Waals surface area (Å²) in [5, 5.41) is 0. The van der Waals surface area contributed by atoms with E-state index in [-0.39, 0.29) is 23.4 Å². The Balaban J connectivity index is 5.50. The molecule has 0 saturated heterocycles. The minimum atomic E-state index is -0.533. The minimum absolute atomic E-state index is 0.00593. The first kappa shape index (κ1) is 17.3. The van der Waals surface area contributed by atoms with Crippen molar-refractivity contribution in [1.29, 1.82) is 0 Å². The van der Waals surface area contributed by atoms with Crippen molar-refractivity contribution >= 4 is 11.6 Å². The summed E-state index contributed by atoms with van der Waals surface area (Å²) >= 11 is 0. The summed E-state index contributed by atoms with van der Waals surface area (Å²) in [6.07, 6.45) is 1.46. The van der Waals surface area contributed by atoms with Gasteiger partial charge in [-0.25, -0.2) is 0 Å². The first-order valence-electron chi connectivity index (χ1n) is 7.10. The highest BCUT2D eigenvalue weighted by molar-refractivity contribution is 5.95. The van der Waals surface area contributed by atoms with Gasteiger partial charge in [0.1, 0.15) is 11.6 Å². The Hall–Kier alpha value is -0.660. The van der Waals surface area contributed by atoms with Crippen LogP contribution in [0.4, 0.5) is 0 Å². The van der Waals surface area contributed by atoms with Gasteiger partial charge in [-0.15, -0.1) is 0 Å². The SMILES string of the molecule is CCC(C(=O)C(C)C)C(C)(CC)C(=O)C(C)(C)C. The first-order chi connectivity index (χ1) is 8.02. The van der Waals surface area contributed by atoms with Gasteiger partial charge in [0.25, 0.3) is 0 Å². The monoisotopic (exact) mass is 254 g/mol. The molecule has 0 radical (unpaired) electrons. The third kappa shape index (κ3) is 3.43. The molecule has 0 aliphatic carbocycles. The molecule has 0 rings (SSSR count).